The molecule has 0 atom stereocenters. The number of rotatable bonds is 1. The van der Waals surface area contributed by atoms with Gasteiger partial charge in [-0.15, -0.1) is 0 Å². The second kappa shape index (κ2) is 2.72. The third kappa shape index (κ3) is 1.65. The third-order valence-electron chi connectivity index (χ3n) is 1.94. The van der Waals surface area contributed by atoms with Crippen LogP contribution in [0.15, 0.2) is 18.3 Å². The first-order valence-corrected chi connectivity index (χ1v) is 4.21. The molecule has 1 aromatic rings. The van der Waals surface area contributed by atoms with Crippen molar-refractivity contribution >= 4 is 0 Å². The van der Waals surface area contributed by atoms with Crippen molar-refractivity contribution in [3.05, 3.63) is 24.0 Å². The Hall–Kier alpha value is -0.720. The van der Waals surface area contributed by atoms with Gasteiger partial charge in [0.25, 0.3) is 0 Å². The maximum Gasteiger partial charge on any atom is 0.0228 e. The minimum atomic E-state index is 0.277. The fraction of sp³-hybridized carbons (Fsp3) is 0.600. The summed E-state index contributed by atoms with van der Waals surface area (Å²) < 4.78 is 2.29. The SMILES string of the molecule is CCn1cccc1C(C)(C)C. The monoisotopic (exact) mass is 151 g/mol. The van der Waals surface area contributed by atoms with Crippen molar-refractivity contribution in [2.45, 2.75) is 39.7 Å². The number of nitrogens with zero attached hydrogens (tertiary/aromatic N) is 1. The molecule has 0 spiro atoms. The summed E-state index contributed by atoms with van der Waals surface area (Å²) in [5.41, 5.74) is 1.69. The van der Waals surface area contributed by atoms with Gasteiger partial charge in [0.05, 0.1) is 0 Å². The molecular formula is C10H17N. The maximum atomic E-state index is 2.29. The summed E-state index contributed by atoms with van der Waals surface area (Å²) in [7, 11) is 0. The first-order valence-electron chi connectivity index (χ1n) is 4.21. The third-order valence-corrected chi connectivity index (χ3v) is 1.94. The molecule has 0 N–H and O–H groups in total. The molecular weight excluding hydrogens is 134 g/mol. The number of hydrogen-bond donors (Lipinski definition) is 0. The summed E-state index contributed by atoms with van der Waals surface area (Å²) in [4.78, 5) is 0. The topological polar surface area (TPSA) is 4.93 Å². The first-order chi connectivity index (χ1) is 5.05. The zero-order chi connectivity index (χ0) is 8.48. The fourth-order valence-electron chi connectivity index (χ4n) is 1.37. The van der Waals surface area contributed by atoms with Crippen LogP contribution in [-0.2, 0) is 12.0 Å². The lowest BCUT2D eigenvalue weighted by atomic mass is 9.92. The van der Waals surface area contributed by atoms with Crippen LogP contribution in [0.2, 0.25) is 0 Å². The molecule has 0 unspecified atom stereocenters. The zero-order valence-corrected chi connectivity index (χ0v) is 7.89. The Morgan fingerprint density at radius 1 is 1.36 bits per heavy atom. The summed E-state index contributed by atoms with van der Waals surface area (Å²) in [6, 6.07) is 4.31. The highest BCUT2D eigenvalue weighted by atomic mass is 15.0. The Kier molecular flexibility index (Phi) is 2.08. The van der Waals surface area contributed by atoms with Crippen LogP contribution in [0.5, 0.6) is 0 Å². The van der Waals surface area contributed by atoms with Gasteiger partial charge in [-0.2, -0.15) is 0 Å². The minimum Gasteiger partial charge on any atom is -0.351 e. The molecule has 0 aliphatic heterocycles. The molecule has 1 heterocycles. The van der Waals surface area contributed by atoms with Gasteiger partial charge in [0.1, 0.15) is 0 Å². The summed E-state index contributed by atoms with van der Waals surface area (Å²) in [5.74, 6) is 0. The van der Waals surface area contributed by atoms with Crippen LogP contribution in [0, 0.1) is 0 Å². The van der Waals surface area contributed by atoms with Crippen molar-refractivity contribution in [1.82, 2.24) is 4.57 Å². The van der Waals surface area contributed by atoms with Crippen LogP contribution < -0.4 is 0 Å². The Morgan fingerprint density at radius 3 is 2.36 bits per heavy atom. The van der Waals surface area contributed by atoms with Gasteiger partial charge in [-0.25, -0.2) is 0 Å². The number of hydrogen-bond acceptors (Lipinski definition) is 0. The smallest absolute Gasteiger partial charge is 0.0228 e. The molecule has 1 rings (SSSR count). The molecule has 1 aromatic heterocycles. The molecule has 1 heteroatoms. The Morgan fingerprint density at radius 2 is 2.00 bits per heavy atom. The highest BCUT2D eigenvalue weighted by Gasteiger charge is 2.16. The van der Waals surface area contributed by atoms with E-state index in [-0.39, 0.29) is 5.41 Å². The highest BCUT2D eigenvalue weighted by molar-refractivity contribution is 5.15. The van der Waals surface area contributed by atoms with Crippen molar-refractivity contribution < 1.29 is 0 Å². The normalized spacial score (nSPS) is 12.0. The van der Waals surface area contributed by atoms with E-state index in [4.69, 9.17) is 0 Å². The molecule has 1 nitrogen and oxygen atoms in total. The van der Waals surface area contributed by atoms with Gasteiger partial charge in [-0.3, -0.25) is 0 Å². The van der Waals surface area contributed by atoms with E-state index in [9.17, 15) is 0 Å². The Labute approximate surface area is 69.0 Å². The molecule has 11 heavy (non-hydrogen) atoms. The van der Waals surface area contributed by atoms with Crippen LogP contribution in [-0.4, -0.2) is 4.57 Å². The van der Waals surface area contributed by atoms with Gasteiger partial charge in [0.15, 0.2) is 0 Å². The minimum absolute atomic E-state index is 0.277. The van der Waals surface area contributed by atoms with Crippen LogP contribution in [0.25, 0.3) is 0 Å². The van der Waals surface area contributed by atoms with E-state index in [0.29, 0.717) is 0 Å². The van der Waals surface area contributed by atoms with E-state index in [1.54, 1.807) is 0 Å². The van der Waals surface area contributed by atoms with Gasteiger partial charge in [0.2, 0.25) is 0 Å². The molecule has 0 amide bonds. The second-order valence-electron chi connectivity index (χ2n) is 3.93. The van der Waals surface area contributed by atoms with Gasteiger partial charge in [-0.1, -0.05) is 20.8 Å². The van der Waals surface area contributed by atoms with Crippen molar-refractivity contribution in [1.29, 1.82) is 0 Å². The van der Waals surface area contributed by atoms with E-state index in [1.807, 2.05) is 0 Å². The quantitative estimate of drug-likeness (QED) is 0.581. The van der Waals surface area contributed by atoms with Crippen molar-refractivity contribution in [3.63, 3.8) is 0 Å². The van der Waals surface area contributed by atoms with E-state index in [0.717, 1.165) is 6.54 Å². The van der Waals surface area contributed by atoms with Crippen molar-refractivity contribution in [3.8, 4) is 0 Å². The molecule has 0 bridgehead atoms. The lowest BCUT2D eigenvalue weighted by Gasteiger charge is -2.20. The van der Waals surface area contributed by atoms with Gasteiger partial charge in [-0.05, 0) is 19.1 Å². The summed E-state index contributed by atoms with van der Waals surface area (Å²) >= 11 is 0. The van der Waals surface area contributed by atoms with Crippen LogP contribution >= 0.6 is 0 Å². The molecule has 0 fully saturated rings. The lowest BCUT2D eigenvalue weighted by molar-refractivity contribution is 0.526. The van der Waals surface area contributed by atoms with E-state index in [2.05, 4.69) is 50.6 Å². The predicted molar refractivity (Wildman–Crippen MR) is 48.8 cm³/mol. The van der Waals surface area contributed by atoms with Crippen molar-refractivity contribution in [2.24, 2.45) is 0 Å². The zero-order valence-electron chi connectivity index (χ0n) is 7.89. The molecule has 0 aliphatic rings. The summed E-state index contributed by atoms with van der Waals surface area (Å²) in [6.07, 6.45) is 2.14. The molecule has 0 saturated heterocycles. The molecule has 0 aromatic carbocycles. The molecule has 0 saturated carbocycles. The summed E-state index contributed by atoms with van der Waals surface area (Å²) in [5, 5.41) is 0. The second-order valence-corrected chi connectivity index (χ2v) is 3.93. The molecule has 62 valence electrons. The van der Waals surface area contributed by atoms with E-state index in [1.165, 1.54) is 5.69 Å². The highest BCUT2D eigenvalue weighted by Crippen LogP contribution is 2.22. The fourth-order valence-corrected chi connectivity index (χ4v) is 1.37. The Balaban J connectivity index is 3.02. The van der Waals surface area contributed by atoms with E-state index >= 15 is 0 Å². The summed E-state index contributed by atoms with van der Waals surface area (Å²) in [6.45, 7) is 9.98. The van der Waals surface area contributed by atoms with Crippen LogP contribution in [0.3, 0.4) is 0 Å². The lowest BCUT2D eigenvalue weighted by Crippen LogP contribution is -2.16. The maximum absolute atomic E-state index is 2.29. The van der Waals surface area contributed by atoms with Crippen LogP contribution in [0.4, 0.5) is 0 Å². The van der Waals surface area contributed by atoms with Gasteiger partial charge >= 0.3 is 0 Å². The predicted octanol–water partition coefficient (Wildman–Crippen LogP) is 2.81. The average Bonchev–Trinajstić information content (AvgIpc) is 2.31. The van der Waals surface area contributed by atoms with Crippen molar-refractivity contribution in [2.75, 3.05) is 0 Å². The number of aryl methyl sites for hydroxylation is 1. The largest absolute Gasteiger partial charge is 0.351 e. The standard InChI is InChI=1S/C10H17N/c1-5-11-8-6-7-9(11)10(2,3)4/h6-8H,5H2,1-4H3. The molecule has 0 aliphatic carbocycles. The van der Waals surface area contributed by atoms with E-state index < -0.39 is 0 Å². The molecule has 0 radical (unpaired) electrons. The Bertz CT molecular complexity index is 227. The van der Waals surface area contributed by atoms with Gasteiger partial charge < -0.3 is 4.57 Å². The van der Waals surface area contributed by atoms with Crippen LogP contribution in [0.1, 0.15) is 33.4 Å². The average molecular weight is 151 g/mol. The van der Waals surface area contributed by atoms with Gasteiger partial charge in [0, 0.05) is 23.9 Å². The number of aromatic nitrogens is 1. The first kappa shape index (κ1) is 8.38.